The monoisotopic (exact) mass is 271 g/mol. The number of alkyl halides is 1. The molecule has 0 aliphatic rings. The summed E-state index contributed by atoms with van der Waals surface area (Å²) in [5.41, 5.74) is 1.75. The maximum atomic E-state index is 6.32. The van der Waals surface area contributed by atoms with E-state index in [9.17, 15) is 0 Å². The lowest BCUT2D eigenvalue weighted by atomic mass is 10.1. The molecule has 3 aromatic rings. The lowest BCUT2D eigenvalue weighted by molar-refractivity contribution is 0.513. The van der Waals surface area contributed by atoms with E-state index in [0.29, 0.717) is 11.8 Å². The van der Waals surface area contributed by atoms with Crippen LogP contribution in [0, 0.1) is 0 Å². The van der Waals surface area contributed by atoms with E-state index in [1.165, 1.54) is 0 Å². The van der Waals surface area contributed by atoms with Crippen LogP contribution in [0.4, 0.5) is 0 Å². The van der Waals surface area contributed by atoms with Gasteiger partial charge in [-0.25, -0.2) is 0 Å². The van der Waals surface area contributed by atoms with Crippen molar-refractivity contribution >= 4 is 11.6 Å². The molecule has 0 fully saturated rings. The topological polar surface area (TPSA) is 51.8 Å². The van der Waals surface area contributed by atoms with Crippen molar-refractivity contribution in [3.63, 3.8) is 0 Å². The molecule has 0 aliphatic carbocycles. The molecule has 1 atom stereocenters. The van der Waals surface area contributed by atoms with Gasteiger partial charge in [-0.05, 0) is 17.7 Å². The minimum absolute atomic E-state index is 0.389. The van der Waals surface area contributed by atoms with Crippen molar-refractivity contribution in [1.82, 2.24) is 15.2 Å². The highest BCUT2D eigenvalue weighted by Gasteiger charge is 2.18. The fourth-order valence-corrected chi connectivity index (χ4v) is 1.95. The zero-order valence-electron chi connectivity index (χ0n) is 9.90. The fraction of sp³-hybridized carbons (Fsp3) is 0.0714. The van der Waals surface area contributed by atoms with Gasteiger partial charge in [-0.15, -0.1) is 21.8 Å². The van der Waals surface area contributed by atoms with Crippen molar-refractivity contribution in [3.05, 3.63) is 66.3 Å². The number of hydrogen-bond acceptors (Lipinski definition) is 4. The predicted molar refractivity (Wildman–Crippen MR) is 71.7 cm³/mol. The van der Waals surface area contributed by atoms with Crippen LogP contribution < -0.4 is 0 Å². The lowest BCUT2D eigenvalue weighted by Gasteiger charge is -2.03. The van der Waals surface area contributed by atoms with Gasteiger partial charge >= 0.3 is 0 Å². The Balaban J connectivity index is 1.90. The molecule has 1 unspecified atom stereocenters. The Morgan fingerprint density at radius 3 is 2.42 bits per heavy atom. The zero-order chi connectivity index (χ0) is 13.1. The Labute approximate surface area is 115 Å². The molecule has 19 heavy (non-hydrogen) atoms. The van der Waals surface area contributed by atoms with Gasteiger partial charge in [0.05, 0.1) is 0 Å². The first-order valence-electron chi connectivity index (χ1n) is 5.77. The fourth-order valence-electron chi connectivity index (χ4n) is 1.71. The van der Waals surface area contributed by atoms with E-state index in [1.54, 1.807) is 12.4 Å². The molecule has 2 aromatic heterocycles. The molecule has 94 valence electrons. The third kappa shape index (κ3) is 2.48. The standard InChI is InChI=1S/C14H10ClN3O/c15-12(10-4-2-1-3-5-10)14-18-17-13(19-14)11-6-8-16-9-7-11/h1-9,12H. The summed E-state index contributed by atoms with van der Waals surface area (Å²) < 4.78 is 5.60. The molecule has 2 heterocycles. The molecule has 0 bridgehead atoms. The average molecular weight is 272 g/mol. The van der Waals surface area contributed by atoms with E-state index in [-0.39, 0.29) is 0 Å². The van der Waals surface area contributed by atoms with Crippen LogP contribution >= 0.6 is 11.6 Å². The van der Waals surface area contributed by atoms with E-state index >= 15 is 0 Å². The van der Waals surface area contributed by atoms with E-state index < -0.39 is 5.38 Å². The van der Waals surface area contributed by atoms with Gasteiger partial charge in [0.1, 0.15) is 5.38 Å². The van der Waals surface area contributed by atoms with Crippen LogP contribution in [0.2, 0.25) is 0 Å². The second kappa shape index (κ2) is 5.20. The van der Waals surface area contributed by atoms with Gasteiger partial charge in [-0.1, -0.05) is 30.3 Å². The first-order valence-corrected chi connectivity index (χ1v) is 6.21. The second-order valence-electron chi connectivity index (χ2n) is 3.95. The maximum absolute atomic E-state index is 6.32. The number of aromatic nitrogens is 3. The summed E-state index contributed by atoms with van der Waals surface area (Å²) >= 11 is 6.32. The Bertz CT molecular complexity index is 655. The molecule has 1 aromatic carbocycles. The number of benzene rings is 1. The highest BCUT2D eigenvalue weighted by Crippen LogP contribution is 2.29. The summed E-state index contributed by atoms with van der Waals surface area (Å²) in [4.78, 5) is 3.94. The largest absolute Gasteiger partial charge is 0.419 e. The Morgan fingerprint density at radius 2 is 1.68 bits per heavy atom. The molecule has 0 amide bonds. The van der Waals surface area contributed by atoms with Crippen LogP contribution in [-0.2, 0) is 0 Å². The Kier molecular flexibility index (Phi) is 3.25. The van der Waals surface area contributed by atoms with E-state index in [1.807, 2.05) is 42.5 Å². The van der Waals surface area contributed by atoms with Crippen LogP contribution in [0.5, 0.6) is 0 Å². The van der Waals surface area contributed by atoms with Crippen molar-refractivity contribution in [2.24, 2.45) is 0 Å². The molecule has 4 nitrogen and oxygen atoms in total. The number of rotatable bonds is 3. The summed E-state index contributed by atoms with van der Waals surface area (Å²) in [6, 6.07) is 13.2. The number of nitrogens with zero attached hydrogens (tertiary/aromatic N) is 3. The van der Waals surface area contributed by atoms with Crippen LogP contribution in [-0.4, -0.2) is 15.2 Å². The highest BCUT2D eigenvalue weighted by atomic mass is 35.5. The Hall–Kier alpha value is -2.20. The van der Waals surface area contributed by atoms with Gasteiger partial charge in [0.25, 0.3) is 0 Å². The lowest BCUT2D eigenvalue weighted by Crippen LogP contribution is -1.92. The third-order valence-electron chi connectivity index (χ3n) is 2.68. The molecule has 0 N–H and O–H groups in total. The number of halogens is 1. The summed E-state index contributed by atoms with van der Waals surface area (Å²) in [6.45, 7) is 0. The molecule has 0 spiro atoms. The summed E-state index contributed by atoms with van der Waals surface area (Å²) in [6.07, 6.45) is 3.35. The van der Waals surface area contributed by atoms with Crippen molar-refractivity contribution in [3.8, 4) is 11.5 Å². The summed E-state index contributed by atoms with van der Waals surface area (Å²) in [5, 5.41) is 7.56. The van der Waals surface area contributed by atoms with Gasteiger partial charge in [0.2, 0.25) is 11.8 Å². The van der Waals surface area contributed by atoms with Crippen molar-refractivity contribution in [1.29, 1.82) is 0 Å². The van der Waals surface area contributed by atoms with E-state index in [0.717, 1.165) is 11.1 Å². The second-order valence-corrected chi connectivity index (χ2v) is 4.39. The quantitative estimate of drug-likeness (QED) is 0.685. The Morgan fingerprint density at radius 1 is 0.947 bits per heavy atom. The molecule has 0 aliphatic heterocycles. The normalized spacial score (nSPS) is 12.3. The van der Waals surface area contributed by atoms with Crippen LogP contribution in [0.3, 0.4) is 0 Å². The van der Waals surface area contributed by atoms with Gasteiger partial charge in [-0.2, -0.15) is 0 Å². The number of pyridine rings is 1. The molecule has 5 heteroatoms. The van der Waals surface area contributed by atoms with Gasteiger partial charge in [-0.3, -0.25) is 4.98 Å². The summed E-state index contributed by atoms with van der Waals surface area (Å²) in [7, 11) is 0. The predicted octanol–water partition coefficient (Wildman–Crippen LogP) is 3.46. The molecular formula is C14H10ClN3O. The van der Waals surface area contributed by atoms with Crippen molar-refractivity contribution < 1.29 is 4.42 Å². The number of hydrogen-bond donors (Lipinski definition) is 0. The molecule has 0 saturated heterocycles. The molecule has 3 rings (SSSR count). The third-order valence-corrected chi connectivity index (χ3v) is 3.12. The first kappa shape index (κ1) is 11.9. The van der Waals surface area contributed by atoms with Gasteiger partial charge < -0.3 is 4.42 Å². The molecule has 0 radical (unpaired) electrons. The summed E-state index contributed by atoms with van der Waals surface area (Å²) in [5.74, 6) is 0.832. The average Bonchev–Trinajstić information content (AvgIpc) is 2.98. The van der Waals surface area contributed by atoms with Crippen molar-refractivity contribution in [2.75, 3.05) is 0 Å². The van der Waals surface area contributed by atoms with Crippen LogP contribution in [0.1, 0.15) is 16.8 Å². The van der Waals surface area contributed by atoms with Gasteiger partial charge in [0.15, 0.2) is 0 Å². The molecule has 0 saturated carbocycles. The van der Waals surface area contributed by atoms with Crippen LogP contribution in [0.15, 0.2) is 59.3 Å². The SMILES string of the molecule is ClC(c1ccccc1)c1nnc(-c2ccncc2)o1. The molecular weight excluding hydrogens is 262 g/mol. The minimum Gasteiger partial charge on any atom is -0.419 e. The highest BCUT2D eigenvalue weighted by molar-refractivity contribution is 6.22. The maximum Gasteiger partial charge on any atom is 0.247 e. The van der Waals surface area contributed by atoms with Crippen LogP contribution in [0.25, 0.3) is 11.5 Å². The van der Waals surface area contributed by atoms with Gasteiger partial charge in [0, 0.05) is 18.0 Å². The van der Waals surface area contributed by atoms with Crippen molar-refractivity contribution in [2.45, 2.75) is 5.38 Å². The minimum atomic E-state index is -0.440. The zero-order valence-corrected chi connectivity index (χ0v) is 10.7. The van der Waals surface area contributed by atoms with E-state index in [2.05, 4.69) is 15.2 Å². The first-order chi connectivity index (χ1) is 9.34. The smallest absolute Gasteiger partial charge is 0.247 e. The van der Waals surface area contributed by atoms with E-state index in [4.69, 9.17) is 16.0 Å².